The minimum absolute atomic E-state index is 0.0499. The fourth-order valence-electron chi connectivity index (χ4n) is 1.81. The van der Waals surface area contributed by atoms with Gasteiger partial charge in [0.25, 0.3) is 5.91 Å². The lowest BCUT2D eigenvalue weighted by Gasteiger charge is -2.12. The van der Waals surface area contributed by atoms with E-state index in [2.05, 4.69) is 4.99 Å². The lowest BCUT2D eigenvalue weighted by molar-refractivity contribution is 0.100. The van der Waals surface area contributed by atoms with E-state index < -0.39 is 5.91 Å². The summed E-state index contributed by atoms with van der Waals surface area (Å²) in [6.45, 7) is 0.295. The molecule has 2 aromatic carbocycles. The quantitative estimate of drug-likeness (QED) is 0.626. The van der Waals surface area contributed by atoms with Gasteiger partial charge in [-0.3, -0.25) is 4.79 Å². The minimum atomic E-state index is -0.785. The molecule has 112 valence electrons. The van der Waals surface area contributed by atoms with Gasteiger partial charge in [0.2, 0.25) is 6.08 Å². The van der Waals surface area contributed by atoms with Gasteiger partial charge in [-0.05, 0) is 11.6 Å². The van der Waals surface area contributed by atoms with Crippen molar-refractivity contribution in [2.75, 3.05) is 7.11 Å². The molecule has 0 aromatic heterocycles. The van der Waals surface area contributed by atoms with Gasteiger partial charge < -0.3 is 9.47 Å². The summed E-state index contributed by atoms with van der Waals surface area (Å²) in [4.78, 5) is 24.9. The van der Waals surface area contributed by atoms with Gasteiger partial charge in [-0.2, -0.15) is 0 Å². The highest BCUT2D eigenvalue weighted by Crippen LogP contribution is 2.34. The number of benzene rings is 2. The maximum atomic E-state index is 11.7. The summed E-state index contributed by atoms with van der Waals surface area (Å²) in [6, 6.07) is 12.3. The number of rotatable bonds is 5. The van der Waals surface area contributed by atoms with Crippen molar-refractivity contribution in [2.24, 2.45) is 4.99 Å². The molecule has 0 heterocycles. The zero-order chi connectivity index (χ0) is 15.9. The molecule has 0 spiro atoms. The summed E-state index contributed by atoms with van der Waals surface area (Å²) in [5.41, 5.74) is 1.01. The fraction of sp³-hybridized carbons (Fsp3) is 0.125. The number of hydrogen-bond acceptors (Lipinski definition) is 4. The van der Waals surface area contributed by atoms with E-state index in [0.717, 1.165) is 5.56 Å². The summed E-state index contributed by atoms with van der Waals surface area (Å²) >= 11 is 5.98. The van der Waals surface area contributed by atoms with Crippen molar-refractivity contribution in [3.8, 4) is 11.5 Å². The van der Waals surface area contributed by atoms with Crippen LogP contribution in [-0.4, -0.2) is 19.1 Å². The lowest BCUT2D eigenvalue weighted by atomic mass is 10.2. The van der Waals surface area contributed by atoms with E-state index in [1.165, 1.54) is 25.3 Å². The molecule has 0 fully saturated rings. The number of ether oxygens (including phenoxy) is 2. The molecule has 5 nitrogen and oxygen atoms in total. The molecule has 0 atom stereocenters. The predicted molar refractivity (Wildman–Crippen MR) is 81.2 cm³/mol. The van der Waals surface area contributed by atoms with Crippen LogP contribution in [0.25, 0.3) is 0 Å². The molecular formula is C16H12ClNO4. The van der Waals surface area contributed by atoms with E-state index >= 15 is 0 Å². The first kappa shape index (κ1) is 15.8. The molecule has 0 saturated carbocycles. The van der Waals surface area contributed by atoms with Crippen LogP contribution in [0.15, 0.2) is 47.5 Å². The number of amides is 1. The summed E-state index contributed by atoms with van der Waals surface area (Å²) in [5, 5.41) is 0.118. The van der Waals surface area contributed by atoms with Crippen LogP contribution in [0.4, 0.5) is 0 Å². The molecule has 0 N–H and O–H groups in total. The first-order valence-corrected chi connectivity index (χ1v) is 6.70. The molecule has 0 aliphatic carbocycles. The van der Waals surface area contributed by atoms with Crippen molar-refractivity contribution in [2.45, 2.75) is 6.61 Å². The molecule has 6 heteroatoms. The Balaban J connectivity index is 2.30. The molecule has 1 amide bonds. The molecule has 0 unspecified atom stereocenters. The highest BCUT2D eigenvalue weighted by atomic mass is 35.5. The Hall–Kier alpha value is -2.62. The van der Waals surface area contributed by atoms with Gasteiger partial charge >= 0.3 is 0 Å². The van der Waals surface area contributed by atoms with Crippen molar-refractivity contribution in [3.63, 3.8) is 0 Å². The molecule has 0 bridgehead atoms. The van der Waals surface area contributed by atoms with E-state index in [4.69, 9.17) is 21.1 Å². The molecule has 22 heavy (non-hydrogen) atoms. The Morgan fingerprint density at radius 3 is 2.59 bits per heavy atom. The third-order valence-corrected chi connectivity index (χ3v) is 3.18. The van der Waals surface area contributed by atoms with Crippen molar-refractivity contribution in [1.29, 1.82) is 0 Å². The average Bonchev–Trinajstić information content (AvgIpc) is 2.54. The number of halogens is 1. The van der Waals surface area contributed by atoms with E-state index in [9.17, 15) is 9.59 Å². The second-order valence-electron chi connectivity index (χ2n) is 4.27. The van der Waals surface area contributed by atoms with Crippen LogP contribution >= 0.6 is 11.6 Å². The molecular weight excluding hydrogens is 306 g/mol. The number of hydrogen-bond donors (Lipinski definition) is 0. The zero-order valence-electron chi connectivity index (χ0n) is 11.7. The number of methoxy groups -OCH3 is 1. The van der Waals surface area contributed by atoms with Crippen LogP contribution in [0.5, 0.6) is 11.5 Å². The monoisotopic (exact) mass is 317 g/mol. The third kappa shape index (κ3) is 3.73. The number of isocyanates is 1. The summed E-state index contributed by atoms with van der Waals surface area (Å²) in [7, 11) is 1.46. The molecule has 2 aromatic rings. The van der Waals surface area contributed by atoms with Crippen molar-refractivity contribution in [3.05, 3.63) is 58.6 Å². The highest BCUT2D eigenvalue weighted by Gasteiger charge is 2.16. The first-order chi connectivity index (χ1) is 10.7. The van der Waals surface area contributed by atoms with Crippen LogP contribution in [0.3, 0.4) is 0 Å². The van der Waals surface area contributed by atoms with Crippen molar-refractivity contribution >= 4 is 23.6 Å². The van der Waals surface area contributed by atoms with E-state index in [0.29, 0.717) is 18.1 Å². The molecule has 0 aliphatic heterocycles. The highest BCUT2D eigenvalue weighted by molar-refractivity contribution is 6.34. The fourth-order valence-corrected chi connectivity index (χ4v) is 2.04. The van der Waals surface area contributed by atoms with Crippen molar-refractivity contribution < 1.29 is 19.1 Å². The Morgan fingerprint density at radius 2 is 1.95 bits per heavy atom. The van der Waals surface area contributed by atoms with Gasteiger partial charge in [0.1, 0.15) is 6.61 Å². The van der Waals surface area contributed by atoms with E-state index in [-0.39, 0.29) is 10.6 Å². The second-order valence-corrected chi connectivity index (χ2v) is 4.67. The first-order valence-electron chi connectivity index (χ1n) is 6.32. The van der Waals surface area contributed by atoms with Gasteiger partial charge in [-0.25, -0.2) is 4.79 Å². The largest absolute Gasteiger partial charge is 0.493 e. The predicted octanol–water partition coefficient (Wildman–Crippen LogP) is 3.40. The molecule has 2 rings (SSSR count). The van der Waals surface area contributed by atoms with Gasteiger partial charge in [0.05, 0.1) is 17.7 Å². The second kappa shape index (κ2) is 7.41. The molecule has 0 saturated heterocycles. The Labute approximate surface area is 132 Å². The van der Waals surface area contributed by atoms with Gasteiger partial charge in [-0.15, -0.1) is 4.99 Å². The number of carbonyl (C=O) groups is 1. The average molecular weight is 318 g/mol. The van der Waals surface area contributed by atoms with Gasteiger partial charge in [0.15, 0.2) is 11.5 Å². The van der Waals surface area contributed by atoms with E-state index in [1.807, 2.05) is 30.3 Å². The summed E-state index contributed by atoms with van der Waals surface area (Å²) < 4.78 is 10.8. The normalized spacial score (nSPS) is 9.73. The summed E-state index contributed by atoms with van der Waals surface area (Å²) in [5.74, 6) is -0.0695. The Bertz CT molecular complexity index is 724. The smallest absolute Gasteiger partial charge is 0.289 e. The maximum Gasteiger partial charge on any atom is 0.289 e. The topological polar surface area (TPSA) is 65.0 Å². The van der Waals surface area contributed by atoms with Crippen LogP contribution in [-0.2, 0) is 11.4 Å². The number of aliphatic imine (C=N–C) groups is 1. The molecule has 0 aliphatic rings. The van der Waals surface area contributed by atoms with Gasteiger partial charge in [0, 0.05) is 6.07 Å². The van der Waals surface area contributed by atoms with Crippen LogP contribution in [0.1, 0.15) is 15.9 Å². The summed E-state index contributed by atoms with van der Waals surface area (Å²) in [6.07, 6.45) is 1.19. The Morgan fingerprint density at radius 1 is 1.23 bits per heavy atom. The minimum Gasteiger partial charge on any atom is -0.493 e. The number of nitrogens with zero attached hydrogens (tertiary/aromatic N) is 1. The zero-order valence-corrected chi connectivity index (χ0v) is 12.5. The van der Waals surface area contributed by atoms with Gasteiger partial charge in [-0.1, -0.05) is 41.9 Å². The SMILES string of the molecule is COc1cc(Cl)c(C(=O)N=C=O)cc1OCc1ccccc1. The van der Waals surface area contributed by atoms with Crippen LogP contribution in [0, 0.1) is 0 Å². The third-order valence-electron chi connectivity index (χ3n) is 2.87. The van der Waals surface area contributed by atoms with Crippen LogP contribution in [0.2, 0.25) is 5.02 Å². The lowest BCUT2D eigenvalue weighted by Crippen LogP contribution is -2.02. The van der Waals surface area contributed by atoms with E-state index in [1.54, 1.807) is 0 Å². The maximum absolute atomic E-state index is 11.7. The Kier molecular flexibility index (Phi) is 5.31. The molecule has 0 radical (unpaired) electrons. The van der Waals surface area contributed by atoms with Crippen molar-refractivity contribution in [1.82, 2.24) is 0 Å². The number of carbonyl (C=O) groups excluding carboxylic acids is 2. The standard InChI is InChI=1S/C16H12ClNO4/c1-21-14-8-13(17)12(16(20)18-10-19)7-15(14)22-9-11-5-3-2-4-6-11/h2-8H,9H2,1H3. The van der Waals surface area contributed by atoms with Crippen LogP contribution < -0.4 is 9.47 Å².